The second kappa shape index (κ2) is 5.87. The number of benzene rings is 1. The normalized spacial score (nSPS) is 23.8. The fraction of sp³-hybridized carbons (Fsp3) is 0.389. The minimum atomic E-state index is -0.552. The molecule has 1 aromatic carbocycles. The van der Waals surface area contributed by atoms with Gasteiger partial charge in [-0.2, -0.15) is 0 Å². The fourth-order valence-corrected chi connectivity index (χ4v) is 3.66. The molecule has 4 rings (SSSR count). The molecule has 1 atom stereocenters. The highest BCUT2D eigenvalue weighted by Crippen LogP contribution is 2.30. The van der Waals surface area contributed by atoms with E-state index in [2.05, 4.69) is 22.8 Å². The molecule has 3 aliphatic heterocycles. The van der Waals surface area contributed by atoms with Gasteiger partial charge in [-0.15, -0.1) is 0 Å². The minimum Gasteiger partial charge on any atom is -0.322 e. The highest BCUT2D eigenvalue weighted by atomic mass is 16.2. The van der Waals surface area contributed by atoms with Gasteiger partial charge in [0.25, 0.3) is 5.91 Å². The third kappa shape index (κ3) is 2.53. The first-order valence-corrected chi connectivity index (χ1v) is 8.31. The number of amides is 3. The van der Waals surface area contributed by atoms with Crippen molar-refractivity contribution in [3.8, 4) is 0 Å². The topological polar surface area (TPSA) is 78.5 Å². The second-order valence-corrected chi connectivity index (χ2v) is 6.46. The van der Waals surface area contributed by atoms with Crippen LogP contribution in [0.1, 0.15) is 40.7 Å². The van der Waals surface area contributed by atoms with Crippen molar-refractivity contribution in [1.82, 2.24) is 15.5 Å². The van der Waals surface area contributed by atoms with Crippen molar-refractivity contribution in [2.75, 3.05) is 13.1 Å². The molecule has 1 aromatic rings. The fourth-order valence-electron chi connectivity index (χ4n) is 3.66. The number of carbonyl (C=O) groups excluding carboxylic acids is 3. The largest absolute Gasteiger partial charge is 0.322 e. The van der Waals surface area contributed by atoms with Crippen LogP contribution in [0.15, 0.2) is 24.3 Å². The number of carbonyl (C=O) groups is 3. The predicted molar refractivity (Wildman–Crippen MR) is 88.0 cm³/mol. The van der Waals surface area contributed by atoms with Gasteiger partial charge in [-0.05, 0) is 48.2 Å². The average Bonchev–Trinajstić information content (AvgIpc) is 2.92. The van der Waals surface area contributed by atoms with Crippen molar-refractivity contribution in [2.45, 2.75) is 31.8 Å². The molecular formula is C18H19N3O3. The Morgan fingerprint density at radius 1 is 1.12 bits per heavy atom. The smallest absolute Gasteiger partial charge is 0.255 e. The Bertz CT molecular complexity index is 769. The van der Waals surface area contributed by atoms with E-state index in [1.54, 1.807) is 4.90 Å². The molecule has 0 spiro atoms. The van der Waals surface area contributed by atoms with Gasteiger partial charge in [0.15, 0.2) is 0 Å². The van der Waals surface area contributed by atoms with Crippen molar-refractivity contribution in [3.05, 3.63) is 41.0 Å². The number of hydrogen-bond acceptors (Lipinski definition) is 4. The summed E-state index contributed by atoms with van der Waals surface area (Å²) in [6.45, 7) is 2.26. The molecule has 0 bridgehead atoms. The number of fused-ring (bicyclic) bond motifs is 1. The third-order valence-electron chi connectivity index (χ3n) is 4.96. The van der Waals surface area contributed by atoms with E-state index in [-0.39, 0.29) is 24.1 Å². The van der Waals surface area contributed by atoms with Crippen molar-refractivity contribution < 1.29 is 14.4 Å². The summed E-state index contributed by atoms with van der Waals surface area (Å²) in [7, 11) is 0. The molecule has 1 saturated heterocycles. The maximum Gasteiger partial charge on any atom is 0.255 e. The summed E-state index contributed by atoms with van der Waals surface area (Å²) in [5.41, 5.74) is 4.07. The number of rotatable bonds is 2. The van der Waals surface area contributed by atoms with Crippen LogP contribution >= 0.6 is 0 Å². The Kier molecular flexibility index (Phi) is 3.69. The molecule has 3 aliphatic rings. The van der Waals surface area contributed by atoms with Gasteiger partial charge in [0.2, 0.25) is 11.8 Å². The first-order valence-electron chi connectivity index (χ1n) is 8.31. The molecule has 0 aliphatic carbocycles. The molecule has 0 radical (unpaired) electrons. The number of nitrogens with one attached hydrogen (secondary N) is 2. The van der Waals surface area contributed by atoms with Crippen molar-refractivity contribution in [2.24, 2.45) is 0 Å². The van der Waals surface area contributed by atoms with E-state index in [0.717, 1.165) is 30.6 Å². The van der Waals surface area contributed by atoms with E-state index in [0.29, 0.717) is 18.5 Å². The Morgan fingerprint density at radius 2 is 2.00 bits per heavy atom. The van der Waals surface area contributed by atoms with Gasteiger partial charge < -0.3 is 10.2 Å². The standard InChI is InChI=1S/C18H19N3O3/c22-16-4-3-15(17(23)20-16)21-10-13-9-12(1-2-14(13)18(21)24)11-5-7-19-8-6-11/h1-2,5,9,15,19H,3-4,6-8,10H2,(H,20,22,23)/t15-/m0/s1. The number of imide groups is 1. The maximum absolute atomic E-state index is 12.6. The first-order chi connectivity index (χ1) is 11.6. The quantitative estimate of drug-likeness (QED) is 0.789. The van der Waals surface area contributed by atoms with E-state index < -0.39 is 6.04 Å². The monoisotopic (exact) mass is 325 g/mol. The molecule has 24 heavy (non-hydrogen) atoms. The van der Waals surface area contributed by atoms with Gasteiger partial charge in [-0.3, -0.25) is 19.7 Å². The Labute approximate surface area is 139 Å². The summed E-state index contributed by atoms with van der Waals surface area (Å²) < 4.78 is 0. The maximum atomic E-state index is 12.6. The summed E-state index contributed by atoms with van der Waals surface area (Å²) in [4.78, 5) is 37.6. The van der Waals surface area contributed by atoms with Gasteiger partial charge in [0.1, 0.15) is 6.04 Å². The Hall–Kier alpha value is -2.47. The molecule has 0 aromatic heterocycles. The zero-order valence-electron chi connectivity index (χ0n) is 13.3. The average molecular weight is 325 g/mol. The predicted octanol–water partition coefficient (Wildman–Crippen LogP) is 0.824. The number of piperidine rings is 1. The number of hydrogen-bond donors (Lipinski definition) is 2. The van der Waals surface area contributed by atoms with Crippen LogP contribution in [-0.2, 0) is 16.1 Å². The van der Waals surface area contributed by atoms with Crippen LogP contribution in [0.25, 0.3) is 5.57 Å². The third-order valence-corrected chi connectivity index (χ3v) is 4.96. The molecule has 0 saturated carbocycles. The van der Waals surface area contributed by atoms with Crippen LogP contribution in [0, 0.1) is 0 Å². The molecule has 6 heteroatoms. The highest BCUT2D eigenvalue weighted by Gasteiger charge is 2.39. The summed E-state index contributed by atoms with van der Waals surface area (Å²) in [6, 6.07) is 5.36. The summed E-state index contributed by atoms with van der Waals surface area (Å²) >= 11 is 0. The van der Waals surface area contributed by atoms with Crippen molar-refractivity contribution >= 4 is 23.3 Å². The van der Waals surface area contributed by atoms with Gasteiger partial charge >= 0.3 is 0 Å². The lowest BCUT2D eigenvalue weighted by molar-refractivity contribution is -0.136. The molecule has 6 nitrogen and oxygen atoms in total. The summed E-state index contributed by atoms with van der Waals surface area (Å²) in [5, 5.41) is 5.62. The molecule has 3 heterocycles. The van der Waals surface area contributed by atoms with Crippen LogP contribution in [-0.4, -0.2) is 41.8 Å². The van der Waals surface area contributed by atoms with Gasteiger partial charge in [-0.1, -0.05) is 12.1 Å². The van der Waals surface area contributed by atoms with Gasteiger partial charge in [-0.25, -0.2) is 0 Å². The van der Waals surface area contributed by atoms with E-state index in [1.807, 2.05) is 12.1 Å². The van der Waals surface area contributed by atoms with Crippen molar-refractivity contribution in [3.63, 3.8) is 0 Å². The van der Waals surface area contributed by atoms with E-state index in [9.17, 15) is 14.4 Å². The molecule has 2 N–H and O–H groups in total. The van der Waals surface area contributed by atoms with Crippen LogP contribution in [0.5, 0.6) is 0 Å². The molecule has 3 amide bonds. The van der Waals surface area contributed by atoms with Crippen molar-refractivity contribution in [1.29, 1.82) is 0 Å². The summed E-state index contributed by atoms with van der Waals surface area (Å²) in [5.74, 6) is -0.750. The van der Waals surface area contributed by atoms with Crippen LogP contribution in [0.2, 0.25) is 0 Å². The van der Waals surface area contributed by atoms with Crippen LogP contribution in [0.3, 0.4) is 0 Å². The summed E-state index contributed by atoms with van der Waals surface area (Å²) in [6.07, 6.45) is 3.83. The van der Waals surface area contributed by atoms with E-state index in [4.69, 9.17) is 0 Å². The molecule has 1 fully saturated rings. The van der Waals surface area contributed by atoms with E-state index in [1.165, 1.54) is 5.57 Å². The zero-order valence-corrected chi connectivity index (χ0v) is 13.3. The highest BCUT2D eigenvalue weighted by molar-refractivity contribution is 6.05. The Morgan fingerprint density at radius 3 is 2.75 bits per heavy atom. The second-order valence-electron chi connectivity index (χ2n) is 6.46. The van der Waals surface area contributed by atoms with Gasteiger partial charge in [0.05, 0.1) is 0 Å². The zero-order chi connectivity index (χ0) is 16.7. The van der Waals surface area contributed by atoms with Crippen LogP contribution in [0.4, 0.5) is 0 Å². The molecule has 0 unspecified atom stereocenters. The number of nitrogens with zero attached hydrogens (tertiary/aromatic N) is 1. The molecule has 124 valence electrons. The lowest BCUT2D eigenvalue weighted by atomic mass is 9.97. The lowest BCUT2D eigenvalue weighted by Gasteiger charge is -2.29. The lowest BCUT2D eigenvalue weighted by Crippen LogP contribution is -2.52. The molecular weight excluding hydrogens is 306 g/mol. The Balaban J connectivity index is 1.59. The van der Waals surface area contributed by atoms with E-state index >= 15 is 0 Å². The SMILES string of the molecule is O=C1CC[C@H](N2Cc3cc(C4=CCNCC4)ccc3C2=O)C(=O)N1. The van der Waals surface area contributed by atoms with Gasteiger partial charge in [0, 0.05) is 25.1 Å². The first kappa shape index (κ1) is 15.1. The minimum absolute atomic E-state index is 0.120. The van der Waals surface area contributed by atoms with Crippen LogP contribution < -0.4 is 10.6 Å².